The zero-order chi connectivity index (χ0) is 13.9. The van der Waals surface area contributed by atoms with E-state index in [0.29, 0.717) is 17.1 Å². The Morgan fingerprint density at radius 3 is 2.95 bits per heavy atom. The van der Waals surface area contributed by atoms with Gasteiger partial charge in [0.1, 0.15) is 17.0 Å². The number of thiophene rings is 1. The number of fused-ring (bicyclic) bond motifs is 1. The molecule has 0 amide bonds. The van der Waals surface area contributed by atoms with Crippen molar-refractivity contribution in [3.63, 3.8) is 0 Å². The first-order valence-electron chi connectivity index (χ1n) is 6.10. The highest BCUT2D eigenvalue weighted by molar-refractivity contribution is 7.16. The van der Waals surface area contributed by atoms with E-state index in [1.54, 1.807) is 17.4 Å². The first kappa shape index (κ1) is 13.3. The van der Waals surface area contributed by atoms with E-state index in [2.05, 4.69) is 15.3 Å². The average molecular weight is 306 g/mol. The molecule has 0 aliphatic carbocycles. The Balaban J connectivity index is 1.76. The number of aromatic nitrogens is 2. The van der Waals surface area contributed by atoms with Crippen LogP contribution < -0.4 is 5.32 Å². The Bertz CT molecular complexity index is 731. The van der Waals surface area contributed by atoms with Gasteiger partial charge in [-0.1, -0.05) is 29.8 Å². The number of halogens is 1. The Labute approximate surface area is 125 Å². The van der Waals surface area contributed by atoms with Crippen molar-refractivity contribution in [2.45, 2.75) is 6.10 Å². The van der Waals surface area contributed by atoms with Crippen molar-refractivity contribution in [2.24, 2.45) is 0 Å². The predicted molar refractivity (Wildman–Crippen MR) is 82.3 cm³/mol. The second-order valence-electron chi connectivity index (χ2n) is 4.28. The van der Waals surface area contributed by atoms with Crippen LogP contribution in [-0.2, 0) is 0 Å². The third kappa shape index (κ3) is 2.60. The summed E-state index contributed by atoms with van der Waals surface area (Å²) >= 11 is 7.63. The molecule has 0 fully saturated rings. The zero-order valence-corrected chi connectivity index (χ0v) is 12.0. The summed E-state index contributed by atoms with van der Waals surface area (Å²) in [5, 5.41) is 16.8. The van der Waals surface area contributed by atoms with Crippen LogP contribution in [0.2, 0.25) is 5.02 Å². The molecule has 20 heavy (non-hydrogen) atoms. The lowest BCUT2D eigenvalue weighted by Crippen LogP contribution is -2.13. The molecule has 0 bridgehead atoms. The number of anilines is 1. The van der Waals surface area contributed by atoms with E-state index in [1.165, 1.54) is 6.33 Å². The van der Waals surface area contributed by atoms with Crippen molar-refractivity contribution in [1.82, 2.24) is 9.97 Å². The van der Waals surface area contributed by atoms with E-state index >= 15 is 0 Å². The van der Waals surface area contributed by atoms with Crippen LogP contribution in [0.15, 0.2) is 42.0 Å². The summed E-state index contributed by atoms with van der Waals surface area (Å²) < 4.78 is 0. The first-order chi connectivity index (χ1) is 9.75. The molecular weight excluding hydrogens is 294 g/mol. The van der Waals surface area contributed by atoms with Crippen molar-refractivity contribution >= 4 is 39.0 Å². The van der Waals surface area contributed by atoms with E-state index in [0.717, 1.165) is 16.0 Å². The predicted octanol–water partition coefficient (Wildman–Crippen LogP) is 3.49. The van der Waals surface area contributed by atoms with Gasteiger partial charge in [0, 0.05) is 17.1 Å². The van der Waals surface area contributed by atoms with Crippen LogP contribution in [0.5, 0.6) is 0 Å². The molecule has 3 rings (SSSR count). The largest absolute Gasteiger partial charge is 0.387 e. The van der Waals surface area contributed by atoms with Gasteiger partial charge in [-0.3, -0.25) is 0 Å². The van der Waals surface area contributed by atoms with Crippen LogP contribution in [0.4, 0.5) is 5.82 Å². The van der Waals surface area contributed by atoms with Gasteiger partial charge in [0.05, 0.1) is 11.5 Å². The highest BCUT2D eigenvalue weighted by Gasteiger charge is 2.12. The number of hydrogen-bond acceptors (Lipinski definition) is 5. The average Bonchev–Trinajstić information content (AvgIpc) is 2.94. The Morgan fingerprint density at radius 1 is 1.25 bits per heavy atom. The highest BCUT2D eigenvalue weighted by atomic mass is 35.5. The number of rotatable bonds is 4. The lowest BCUT2D eigenvalue weighted by Gasteiger charge is -2.14. The summed E-state index contributed by atoms with van der Waals surface area (Å²) in [6.45, 7) is 0.339. The Kier molecular flexibility index (Phi) is 3.82. The van der Waals surface area contributed by atoms with Gasteiger partial charge in [-0.2, -0.15) is 0 Å². The molecule has 0 radical (unpaired) electrons. The third-order valence-electron chi connectivity index (χ3n) is 2.99. The van der Waals surface area contributed by atoms with Gasteiger partial charge in [-0.05, 0) is 17.5 Å². The monoisotopic (exact) mass is 305 g/mol. The minimum Gasteiger partial charge on any atom is -0.387 e. The fourth-order valence-corrected chi connectivity index (χ4v) is 2.97. The van der Waals surface area contributed by atoms with Crippen LogP contribution in [0.25, 0.3) is 10.2 Å². The molecule has 1 aromatic carbocycles. The summed E-state index contributed by atoms with van der Waals surface area (Å²) in [5.74, 6) is 0.724. The van der Waals surface area contributed by atoms with Crippen LogP contribution in [0.3, 0.4) is 0 Å². The molecule has 6 heteroatoms. The van der Waals surface area contributed by atoms with E-state index in [1.807, 2.05) is 29.6 Å². The molecule has 2 N–H and O–H groups in total. The molecule has 2 heterocycles. The number of aliphatic hydroxyl groups is 1. The zero-order valence-electron chi connectivity index (χ0n) is 10.5. The van der Waals surface area contributed by atoms with Gasteiger partial charge >= 0.3 is 0 Å². The maximum atomic E-state index is 10.2. The number of benzene rings is 1. The van der Waals surface area contributed by atoms with Crippen molar-refractivity contribution in [3.05, 3.63) is 52.6 Å². The molecule has 3 aromatic rings. The second kappa shape index (κ2) is 5.75. The molecule has 0 aliphatic rings. The topological polar surface area (TPSA) is 58.0 Å². The smallest absolute Gasteiger partial charge is 0.138 e. The Morgan fingerprint density at radius 2 is 2.10 bits per heavy atom. The molecule has 0 saturated carbocycles. The molecule has 0 aliphatic heterocycles. The van der Waals surface area contributed by atoms with Gasteiger partial charge in [0.25, 0.3) is 0 Å². The molecule has 1 unspecified atom stereocenters. The van der Waals surface area contributed by atoms with Crippen LogP contribution in [-0.4, -0.2) is 21.6 Å². The summed E-state index contributed by atoms with van der Waals surface area (Å²) in [4.78, 5) is 9.32. The molecule has 0 spiro atoms. The lowest BCUT2D eigenvalue weighted by molar-refractivity contribution is 0.191. The van der Waals surface area contributed by atoms with Crippen LogP contribution in [0, 0.1) is 0 Å². The summed E-state index contributed by atoms with van der Waals surface area (Å²) in [6, 6.07) is 9.23. The molecule has 4 nitrogen and oxygen atoms in total. The van der Waals surface area contributed by atoms with Crippen LogP contribution in [0.1, 0.15) is 11.7 Å². The van der Waals surface area contributed by atoms with Crippen LogP contribution >= 0.6 is 22.9 Å². The normalized spacial score (nSPS) is 12.5. The molecular formula is C14H12ClN3OS. The molecule has 2 aromatic heterocycles. The van der Waals surface area contributed by atoms with Gasteiger partial charge in [0.2, 0.25) is 0 Å². The fraction of sp³-hybridized carbons (Fsp3) is 0.143. The third-order valence-corrected chi connectivity index (χ3v) is 4.15. The quantitative estimate of drug-likeness (QED) is 0.774. The maximum absolute atomic E-state index is 10.2. The molecule has 102 valence electrons. The van der Waals surface area contributed by atoms with Crippen molar-refractivity contribution in [3.8, 4) is 0 Å². The molecule has 1 atom stereocenters. The highest BCUT2D eigenvalue weighted by Crippen LogP contribution is 2.26. The molecule has 0 saturated heterocycles. The van der Waals surface area contributed by atoms with E-state index in [4.69, 9.17) is 11.6 Å². The summed E-state index contributed by atoms with van der Waals surface area (Å²) in [6.07, 6.45) is 0.829. The maximum Gasteiger partial charge on any atom is 0.138 e. The minimum absolute atomic E-state index is 0.339. The Hall–Kier alpha value is -1.69. The number of nitrogens with one attached hydrogen (secondary N) is 1. The number of hydrogen-bond donors (Lipinski definition) is 2. The van der Waals surface area contributed by atoms with E-state index < -0.39 is 6.10 Å². The van der Waals surface area contributed by atoms with Crippen molar-refractivity contribution in [1.29, 1.82) is 0 Å². The lowest BCUT2D eigenvalue weighted by atomic mass is 10.1. The summed E-state index contributed by atoms with van der Waals surface area (Å²) in [5.41, 5.74) is 0.706. The van der Waals surface area contributed by atoms with Crippen molar-refractivity contribution < 1.29 is 5.11 Å². The van der Waals surface area contributed by atoms with Gasteiger partial charge in [0.15, 0.2) is 0 Å². The SMILES string of the molecule is OC(CNc1ncnc2sccc12)c1ccccc1Cl. The number of aliphatic hydroxyl groups excluding tert-OH is 1. The van der Waals surface area contributed by atoms with Gasteiger partial charge in [-0.25, -0.2) is 9.97 Å². The van der Waals surface area contributed by atoms with Gasteiger partial charge in [-0.15, -0.1) is 11.3 Å². The van der Waals surface area contributed by atoms with Gasteiger partial charge < -0.3 is 10.4 Å². The van der Waals surface area contributed by atoms with E-state index in [9.17, 15) is 5.11 Å². The fourth-order valence-electron chi connectivity index (χ4n) is 1.98. The standard InChI is InChI=1S/C14H12ClN3OS/c15-11-4-2-1-3-9(11)12(19)7-16-13-10-5-6-20-14(10)18-8-17-13/h1-6,8,12,19H,7H2,(H,16,17,18). The first-order valence-corrected chi connectivity index (χ1v) is 7.36. The second-order valence-corrected chi connectivity index (χ2v) is 5.58. The van der Waals surface area contributed by atoms with E-state index in [-0.39, 0.29) is 0 Å². The summed E-state index contributed by atoms with van der Waals surface area (Å²) in [7, 11) is 0. The number of nitrogens with zero attached hydrogens (tertiary/aromatic N) is 2. The minimum atomic E-state index is -0.688. The van der Waals surface area contributed by atoms with Crippen molar-refractivity contribution in [2.75, 3.05) is 11.9 Å².